The fraction of sp³-hybridized carbons (Fsp3) is 0.529. The second-order valence-electron chi connectivity index (χ2n) is 5.89. The molecule has 120 valence electrons. The van der Waals surface area contributed by atoms with Crippen molar-refractivity contribution in [3.8, 4) is 0 Å². The molecule has 0 aliphatic carbocycles. The van der Waals surface area contributed by atoms with E-state index in [1.165, 1.54) is 10.9 Å². The highest BCUT2D eigenvalue weighted by molar-refractivity contribution is 6.31. The summed E-state index contributed by atoms with van der Waals surface area (Å²) >= 11 is 6.05. The van der Waals surface area contributed by atoms with Gasteiger partial charge in [0.2, 0.25) is 0 Å². The van der Waals surface area contributed by atoms with Crippen molar-refractivity contribution in [3.63, 3.8) is 0 Å². The Morgan fingerprint density at radius 1 is 1.00 bits per heavy atom. The number of rotatable bonds is 6. The van der Waals surface area contributed by atoms with E-state index in [1.807, 2.05) is 12.1 Å². The Hall–Kier alpha value is -1.07. The molecule has 22 heavy (non-hydrogen) atoms. The summed E-state index contributed by atoms with van der Waals surface area (Å²) in [5.74, 6) is 0. The Morgan fingerprint density at radius 2 is 1.73 bits per heavy atom. The first-order chi connectivity index (χ1) is 10.8. The zero-order valence-corrected chi connectivity index (χ0v) is 13.9. The molecule has 0 radical (unpaired) electrons. The number of piperazine rings is 1. The number of benzene rings is 1. The molecule has 4 nitrogen and oxygen atoms in total. The van der Waals surface area contributed by atoms with Gasteiger partial charge in [-0.15, -0.1) is 0 Å². The van der Waals surface area contributed by atoms with Crippen LogP contribution in [0.1, 0.15) is 0 Å². The van der Waals surface area contributed by atoms with Crippen LogP contribution in [0.25, 0.3) is 10.9 Å². The highest BCUT2D eigenvalue weighted by Gasteiger charge is 2.16. The Kier molecular flexibility index (Phi) is 5.37. The van der Waals surface area contributed by atoms with Crippen LogP contribution in [0.4, 0.5) is 0 Å². The summed E-state index contributed by atoms with van der Waals surface area (Å²) in [6.45, 7) is 8.60. The molecule has 0 saturated carbocycles. The van der Waals surface area contributed by atoms with Crippen LogP contribution in [0.2, 0.25) is 5.02 Å². The van der Waals surface area contributed by atoms with Gasteiger partial charge < -0.3 is 9.30 Å². The summed E-state index contributed by atoms with van der Waals surface area (Å²) in [6, 6.07) is 8.25. The molecule has 5 heteroatoms. The van der Waals surface area contributed by atoms with Crippen molar-refractivity contribution in [2.75, 3.05) is 53.0 Å². The van der Waals surface area contributed by atoms with Crippen molar-refractivity contribution < 1.29 is 4.74 Å². The summed E-state index contributed by atoms with van der Waals surface area (Å²) in [6.07, 6.45) is 2.16. The molecule has 2 heterocycles. The molecule has 1 saturated heterocycles. The Morgan fingerprint density at radius 3 is 2.45 bits per heavy atom. The van der Waals surface area contributed by atoms with Crippen LogP contribution in [0.3, 0.4) is 0 Å². The number of aromatic nitrogens is 1. The third-order valence-electron chi connectivity index (χ3n) is 4.47. The lowest BCUT2D eigenvalue weighted by Crippen LogP contribution is -2.47. The summed E-state index contributed by atoms with van der Waals surface area (Å²) in [4.78, 5) is 5.03. The monoisotopic (exact) mass is 321 g/mol. The van der Waals surface area contributed by atoms with Gasteiger partial charge in [0.05, 0.1) is 6.61 Å². The zero-order valence-electron chi connectivity index (χ0n) is 13.2. The number of halogens is 1. The fourth-order valence-electron chi connectivity index (χ4n) is 3.07. The Labute approximate surface area is 137 Å². The number of methoxy groups -OCH3 is 1. The van der Waals surface area contributed by atoms with Crippen molar-refractivity contribution in [1.82, 2.24) is 14.4 Å². The van der Waals surface area contributed by atoms with Crippen molar-refractivity contribution >= 4 is 22.5 Å². The van der Waals surface area contributed by atoms with Gasteiger partial charge in [0.25, 0.3) is 0 Å². The van der Waals surface area contributed by atoms with Crippen LogP contribution in [0.5, 0.6) is 0 Å². The molecule has 0 atom stereocenters. The van der Waals surface area contributed by atoms with Crippen LogP contribution < -0.4 is 0 Å². The van der Waals surface area contributed by atoms with E-state index < -0.39 is 0 Å². The second kappa shape index (κ2) is 7.47. The minimum absolute atomic E-state index is 0.803. The second-order valence-corrected chi connectivity index (χ2v) is 6.32. The molecule has 0 N–H and O–H groups in total. The SMILES string of the molecule is COCCN1CCN(CCn2ccc3cc(Cl)ccc32)CC1. The molecule has 1 aliphatic heterocycles. The van der Waals surface area contributed by atoms with Crippen LogP contribution in [-0.2, 0) is 11.3 Å². The van der Waals surface area contributed by atoms with Crippen molar-refractivity contribution in [1.29, 1.82) is 0 Å². The molecule has 0 amide bonds. The van der Waals surface area contributed by atoms with E-state index in [-0.39, 0.29) is 0 Å². The largest absolute Gasteiger partial charge is 0.383 e. The molecule has 3 rings (SSSR count). The van der Waals surface area contributed by atoms with E-state index in [4.69, 9.17) is 16.3 Å². The van der Waals surface area contributed by atoms with Crippen LogP contribution in [0.15, 0.2) is 30.5 Å². The molecular formula is C17H24ClN3O. The molecule has 0 bridgehead atoms. The molecule has 1 fully saturated rings. The molecule has 1 aliphatic rings. The van der Waals surface area contributed by atoms with Crippen LogP contribution >= 0.6 is 11.6 Å². The van der Waals surface area contributed by atoms with Crippen LogP contribution in [-0.4, -0.2) is 67.4 Å². The third-order valence-corrected chi connectivity index (χ3v) is 4.70. The van der Waals surface area contributed by atoms with Crippen LogP contribution in [0, 0.1) is 0 Å². The minimum Gasteiger partial charge on any atom is -0.383 e. The van der Waals surface area contributed by atoms with E-state index in [0.29, 0.717) is 0 Å². The van der Waals surface area contributed by atoms with E-state index in [9.17, 15) is 0 Å². The van der Waals surface area contributed by atoms with E-state index in [2.05, 4.69) is 32.7 Å². The molecule has 1 aromatic heterocycles. The molecule has 2 aromatic rings. The van der Waals surface area contributed by atoms with Gasteiger partial charge in [0.15, 0.2) is 0 Å². The van der Waals surface area contributed by atoms with E-state index in [1.54, 1.807) is 7.11 Å². The van der Waals surface area contributed by atoms with Crippen molar-refractivity contribution in [2.24, 2.45) is 0 Å². The lowest BCUT2D eigenvalue weighted by Gasteiger charge is -2.34. The predicted octanol–water partition coefficient (Wildman–Crippen LogP) is 2.56. The zero-order chi connectivity index (χ0) is 15.4. The highest BCUT2D eigenvalue weighted by Crippen LogP contribution is 2.20. The smallest absolute Gasteiger partial charge is 0.0589 e. The van der Waals surface area contributed by atoms with Gasteiger partial charge in [-0.25, -0.2) is 0 Å². The summed E-state index contributed by atoms with van der Waals surface area (Å²) < 4.78 is 7.47. The third kappa shape index (κ3) is 3.82. The highest BCUT2D eigenvalue weighted by atomic mass is 35.5. The summed E-state index contributed by atoms with van der Waals surface area (Å²) in [5.41, 5.74) is 1.27. The van der Waals surface area contributed by atoms with E-state index >= 15 is 0 Å². The minimum atomic E-state index is 0.803. The predicted molar refractivity (Wildman–Crippen MR) is 91.7 cm³/mol. The van der Waals surface area contributed by atoms with Crippen molar-refractivity contribution in [2.45, 2.75) is 6.54 Å². The lowest BCUT2D eigenvalue weighted by atomic mass is 10.2. The van der Waals surface area contributed by atoms with E-state index in [0.717, 1.165) is 57.4 Å². The molecule has 0 spiro atoms. The topological polar surface area (TPSA) is 20.6 Å². The average molecular weight is 322 g/mol. The standard InChI is InChI=1S/C17H24ClN3O/c1-22-13-12-20-8-6-19(7-9-20)10-11-21-5-4-15-14-16(18)2-3-17(15)21/h2-5,14H,6-13H2,1H3. The van der Waals surface area contributed by atoms with Gasteiger partial charge in [0, 0.05) is 75.0 Å². The van der Waals surface area contributed by atoms with Gasteiger partial charge in [0.1, 0.15) is 0 Å². The van der Waals surface area contributed by atoms with Gasteiger partial charge >= 0.3 is 0 Å². The van der Waals surface area contributed by atoms with Gasteiger partial charge in [-0.2, -0.15) is 0 Å². The number of fused-ring (bicyclic) bond motifs is 1. The van der Waals surface area contributed by atoms with Gasteiger partial charge in [-0.1, -0.05) is 11.6 Å². The first kappa shape index (κ1) is 15.8. The average Bonchev–Trinajstić information content (AvgIpc) is 2.94. The summed E-state index contributed by atoms with van der Waals surface area (Å²) in [7, 11) is 1.77. The van der Waals surface area contributed by atoms with Gasteiger partial charge in [-0.05, 0) is 24.3 Å². The number of hydrogen-bond acceptors (Lipinski definition) is 3. The number of ether oxygens (including phenoxy) is 1. The van der Waals surface area contributed by atoms with Gasteiger partial charge in [-0.3, -0.25) is 9.80 Å². The van der Waals surface area contributed by atoms with Crippen molar-refractivity contribution in [3.05, 3.63) is 35.5 Å². The number of hydrogen-bond donors (Lipinski definition) is 0. The Balaban J connectivity index is 1.50. The molecular weight excluding hydrogens is 298 g/mol. The maximum Gasteiger partial charge on any atom is 0.0589 e. The Bertz CT molecular complexity index is 605. The first-order valence-corrected chi connectivity index (χ1v) is 8.32. The molecule has 0 unspecified atom stereocenters. The maximum absolute atomic E-state index is 6.05. The maximum atomic E-state index is 6.05. The first-order valence-electron chi connectivity index (χ1n) is 7.94. The molecule has 1 aromatic carbocycles. The lowest BCUT2D eigenvalue weighted by molar-refractivity contribution is 0.0955. The fourth-order valence-corrected chi connectivity index (χ4v) is 3.25. The normalized spacial score (nSPS) is 17.4. The quantitative estimate of drug-likeness (QED) is 0.815. The number of nitrogens with zero attached hydrogens (tertiary/aromatic N) is 3. The summed E-state index contributed by atoms with van der Waals surface area (Å²) in [5, 5.41) is 2.02.